The molecule has 0 spiro atoms. The summed E-state index contributed by atoms with van der Waals surface area (Å²) in [6.07, 6.45) is 0. The van der Waals surface area contributed by atoms with Crippen LogP contribution in [0.5, 0.6) is 0 Å². The van der Waals surface area contributed by atoms with E-state index in [4.69, 9.17) is 4.74 Å². The monoisotopic (exact) mass is 276 g/mol. The van der Waals surface area contributed by atoms with E-state index in [-0.39, 0.29) is 5.82 Å². The molecule has 0 unspecified atom stereocenters. The standard InChI is InChI=1S/C16H21FN2O/c1-12-10-14(11-18-8-9-20-3)13(2)19(12)16-6-4-15(17)5-7-16/h4-7,10,18H,8-9,11H2,1-3H3. The van der Waals surface area contributed by atoms with Gasteiger partial charge in [-0.1, -0.05) is 0 Å². The molecule has 0 atom stereocenters. The summed E-state index contributed by atoms with van der Waals surface area (Å²) in [5.41, 5.74) is 4.57. The molecule has 1 aromatic heterocycles. The first-order chi connectivity index (χ1) is 9.63. The number of rotatable bonds is 6. The quantitative estimate of drug-likeness (QED) is 0.821. The lowest BCUT2D eigenvalue weighted by Gasteiger charge is -2.10. The Balaban J connectivity index is 2.18. The SMILES string of the molecule is COCCNCc1cc(C)n(-c2ccc(F)cc2)c1C. The van der Waals surface area contributed by atoms with Crippen molar-refractivity contribution in [2.75, 3.05) is 20.3 Å². The fourth-order valence-electron chi connectivity index (χ4n) is 2.39. The Hall–Kier alpha value is -1.65. The van der Waals surface area contributed by atoms with Crippen molar-refractivity contribution in [3.8, 4) is 5.69 Å². The van der Waals surface area contributed by atoms with Crippen LogP contribution in [0.3, 0.4) is 0 Å². The largest absolute Gasteiger partial charge is 0.383 e. The molecule has 0 fully saturated rings. The van der Waals surface area contributed by atoms with Crippen molar-refractivity contribution in [1.82, 2.24) is 9.88 Å². The summed E-state index contributed by atoms with van der Waals surface area (Å²) in [4.78, 5) is 0. The summed E-state index contributed by atoms with van der Waals surface area (Å²) in [5, 5.41) is 3.35. The van der Waals surface area contributed by atoms with Crippen LogP contribution < -0.4 is 5.32 Å². The third-order valence-electron chi connectivity index (χ3n) is 3.42. The summed E-state index contributed by atoms with van der Waals surface area (Å²) in [6.45, 7) is 6.50. The molecule has 0 aliphatic rings. The molecular formula is C16H21FN2O. The predicted octanol–water partition coefficient (Wildman–Crippen LogP) is 2.97. The molecule has 1 N–H and O–H groups in total. The zero-order chi connectivity index (χ0) is 14.5. The van der Waals surface area contributed by atoms with Crippen LogP contribution >= 0.6 is 0 Å². The van der Waals surface area contributed by atoms with Crippen LogP contribution in [0.2, 0.25) is 0 Å². The number of hydrogen-bond donors (Lipinski definition) is 1. The number of ether oxygens (including phenoxy) is 1. The Morgan fingerprint density at radius 1 is 1.20 bits per heavy atom. The van der Waals surface area contributed by atoms with E-state index in [1.807, 2.05) is 0 Å². The minimum atomic E-state index is -0.210. The molecule has 0 aliphatic heterocycles. The molecule has 0 saturated heterocycles. The van der Waals surface area contributed by atoms with Crippen molar-refractivity contribution in [2.24, 2.45) is 0 Å². The van der Waals surface area contributed by atoms with Gasteiger partial charge in [0.25, 0.3) is 0 Å². The second-order valence-electron chi connectivity index (χ2n) is 4.88. The molecule has 0 radical (unpaired) electrons. The number of hydrogen-bond acceptors (Lipinski definition) is 2. The van der Waals surface area contributed by atoms with Crippen LogP contribution in [0.4, 0.5) is 4.39 Å². The summed E-state index contributed by atoms with van der Waals surface area (Å²) in [5.74, 6) is -0.210. The van der Waals surface area contributed by atoms with Gasteiger partial charge >= 0.3 is 0 Å². The lowest BCUT2D eigenvalue weighted by molar-refractivity contribution is 0.199. The molecule has 20 heavy (non-hydrogen) atoms. The molecule has 0 bridgehead atoms. The predicted molar refractivity (Wildman–Crippen MR) is 78.8 cm³/mol. The summed E-state index contributed by atoms with van der Waals surface area (Å²) < 4.78 is 20.2. The molecule has 2 rings (SSSR count). The third kappa shape index (κ3) is 3.26. The maximum absolute atomic E-state index is 13.0. The van der Waals surface area contributed by atoms with Crippen molar-refractivity contribution in [2.45, 2.75) is 20.4 Å². The first-order valence-electron chi connectivity index (χ1n) is 6.77. The second-order valence-corrected chi connectivity index (χ2v) is 4.88. The van der Waals surface area contributed by atoms with Gasteiger partial charge in [-0.2, -0.15) is 0 Å². The van der Waals surface area contributed by atoms with Crippen molar-refractivity contribution in [3.05, 3.63) is 53.1 Å². The first kappa shape index (κ1) is 14.8. The van der Waals surface area contributed by atoms with Crippen molar-refractivity contribution in [1.29, 1.82) is 0 Å². The van der Waals surface area contributed by atoms with E-state index in [0.717, 1.165) is 24.5 Å². The van der Waals surface area contributed by atoms with Crippen molar-refractivity contribution >= 4 is 0 Å². The van der Waals surface area contributed by atoms with Crippen LogP contribution in [-0.2, 0) is 11.3 Å². The van der Waals surface area contributed by atoms with Crippen molar-refractivity contribution in [3.63, 3.8) is 0 Å². The van der Waals surface area contributed by atoms with E-state index in [9.17, 15) is 4.39 Å². The molecule has 0 saturated carbocycles. The molecule has 3 nitrogen and oxygen atoms in total. The average Bonchev–Trinajstić information content (AvgIpc) is 2.71. The number of halogens is 1. The molecule has 1 heterocycles. The highest BCUT2D eigenvalue weighted by molar-refractivity contribution is 5.41. The fourth-order valence-corrected chi connectivity index (χ4v) is 2.39. The topological polar surface area (TPSA) is 26.2 Å². The lowest BCUT2D eigenvalue weighted by atomic mass is 10.2. The highest BCUT2D eigenvalue weighted by Crippen LogP contribution is 2.20. The van der Waals surface area contributed by atoms with E-state index in [1.54, 1.807) is 19.2 Å². The van der Waals surface area contributed by atoms with E-state index in [1.165, 1.54) is 23.4 Å². The normalized spacial score (nSPS) is 11.0. The van der Waals surface area contributed by atoms with Crippen molar-refractivity contribution < 1.29 is 9.13 Å². The van der Waals surface area contributed by atoms with E-state index < -0.39 is 0 Å². The molecule has 0 amide bonds. The van der Waals surface area contributed by atoms with Gasteiger partial charge in [-0.05, 0) is 49.7 Å². The molecule has 2 aromatic rings. The Kier molecular flexibility index (Phi) is 4.93. The number of aromatic nitrogens is 1. The van der Waals surface area contributed by atoms with Gasteiger partial charge in [-0.25, -0.2) is 4.39 Å². The van der Waals surface area contributed by atoms with Gasteiger partial charge < -0.3 is 14.6 Å². The van der Waals surface area contributed by atoms with Gasteiger partial charge in [0.05, 0.1) is 6.61 Å². The van der Waals surface area contributed by atoms with Crippen LogP contribution in [0.25, 0.3) is 5.69 Å². The summed E-state index contributed by atoms with van der Waals surface area (Å²) >= 11 is 0. The molecule has 1 aromatic carbocycles. The Morgan fingerprint density at radius 3 is 2.55 bits per heavy atom. The average molecular weight is 276 g/mol. The molecular weight excluding hydrogens is 255 g/mol. The smallest absolute Gasteiger partial charge is 0.123 e. The number of nitrogens with zero attached hydrogens (tertiary/aromatic N) is 1. The van der Waals surface area contributed by atoms with Crippen LogP contribution in [-0.4, -0.2) is 24.8 Å². The first-order valence-corrected chi connectivity index (χ1v) is 6.77. The Labute approximate surface area is 119 Å². The number of nitrogens with one attached hydrogen (secondary N) is 1. The van der Waals surface area contributed by atoms with Gasteiger partial charge in [0.1, 0.15) is 5.82 Å². The Bertz CT molecular complexity index is 561. The summed E-state index contributed by atoms with van der Waals surface area (Å²) in [7, 11) is 1.70. The van der Waals surface area contributed by atoms with E-state index in [2.05, 4.69) is 29.8 Å². The number of methoxy groups -OCH3 is 1. The van der Waals surface area contributed by atoms with Gasteiger partial charge in [-0.15, -0.1) is 0 Å². The molecule has 4 heteroatoms. The summed E-state index contributed by atoms with van der Waals surface area (Å²) in [6, 6.07) is 8.75. The van der Waals surface area contributed by atoms with Crippen LogP contribution in [0.1, 0.15) is 17.0 Å². The second kappa shape index (κ2) is 6.68. The Morgan fingerprint density at radius 2 is 1.90 bits per heavy atom. The van der Waals surface area contributed by atoms with Gasteiger partial charge in [0.15, 0.2) is 0 Å². The van der Waals surface area contributed by atoms with Crippen LogP contribution in [0.15, 0.2) is 30.3 Å². The zero-order valence-corrected chi connectivity index (χ0v) is 12.2. The maximum atomic E-state index is 13.0. The maximum Gasteiger partial charge on any atom is 0.123 e. The number of benzene rings is 1. The molecule has 0 aliphatic carbocycles. The fraction of sp³-hybridized carbons (Fsp3) is 0.375. The highest BCUT2D eigenvalue weighted by Gasteiger charge is 2.10. The minimum absolute atomic E-state index is 0.210. The highest BCUT2D eigenvalue weighted by atomic mass is 19.1. The number of aryl methyl sites for hydroxylation is 1. The molecule has 108 valence electrons. The van der Waals surface area contributed by atoms with Gasteiger partial charge in [0.2, 0.25) is 0 Å². The van der Waals surface area contributed by atoms with Gasteiger partial charge in [0, 0.05) is 37.3 Å². The van der Waals surface area contributed by atoms with Gasteiger partial charge in [-0.3, -0.25) is 0 Å². The van der Waals surface area contributed by atoms with E-state index in [0.29, 0.717) is 6.61 Å². The van der Waals surface area contributed by atoms with Crippen LogP contribution in [0, 0.1) is 19.7 Å². The zero-order valence-electron chi connectivity index (χ0n) is 12.2. The third-order valence-corrected chi connectivity index (χ3v) is 3.42. The minimum Gasteiger partial charge on any atom is -0.383 e. The lowest BCUT2D eigenvalue weighted by Crippen LogP contribution is -2.18. The van der Waals surface area contributed by atoms with E-state index >= 15 is 0 Å².